The number of ether oxygens (including phenoxy) is 2. The Labute approximate surface area is 125 Å². The zero-order valence-corrected chi connectivity index (χ0v) is 13.0. The van der Waals surface area contributed by atoms with Gasteiger partial charge in [-0.05, 0) is 27.7 Å². The number of esters is 1. The predicted octanol–water partition coefficient (Wildman–Crippen LogP) is 1.67. The fourth-order valence-electron chi connectivity index (χ4n) is 1.82. The van der Waals surface area contributed by atoms with Crippen molar-refractivity contribution in [2.24, 2.45) is 5.41 Å². The van der Waals surface area contributed by atoms with Gasteiger partial charge in [-0.2, -0.15) is 0 Å². The van der Waals surface area contributed by atoms with Gasteiger partial charge in [0.05, 0.1) is 17.6 Å². The van der Waals surface area contributed by atoms with Crippen LogP contribution in [0.2, 0.25) is 0 Å². The molecule has 21 heavy (non-hydrogen) atoms. The molecule has 0 aromatic heterocycles. The molecule has 0 aromatic carbocycles. The van der Waals surface area contributed by atoms with E-state index in [4.69, 9.17) is 15.9 Å². The molecule has 1 saturated carbocycles. The van der Waals surface area contributed by atoms with Crippen LogP contribution in [0.3, 0.4) is 0 Å². The van der Waals surface area contributed by atoms with E-state index in [9.17, 15) is 14.4 Å². The number of carbonyl (C=O) groups is 3. The van der Waals surface area contributed by atoms with Crippen LogP contribution in [-0.2, 0) is 23.9 Å². The zero-order valence-electron chi connectivity index (χ0n) is 13.0. The summed E-state index contributed by atoms with van der Waals surface area (Å²) >= 11 is 0. The Kier molecular flexibility index (Phi) is 5.30. The van der Waals surface area contributed by atoms with Gasteiger partial charge in [-0.1, -0.05) is 0 Å². The normalized spacial score (nSPS) is 16.9. The van der Waals surface area contributed by atoms with Crippen molar-refractivity contribution in [1.82, 2.24) is 0 Å². The third-order valence-corrected chi connectivity index (χ3v) is 3.33. The van der Waals surface area contributed by atoms with Crippen molar-refractivity contribution in [1.29, 1.82) is 0 Å². The summed E-state index contributed by atoms with van der Waals surface area (Å²) in [7, 11) is 0. The molecule has 0 saturated heterocycles. The Morgan fingerprint density at radius 1 is 1.24 bits per heavy atom. The maximum absolute atomic E-state index is 12.1. The maximum Gasteiger partial charge on any atom is 0.315 e. The van der Waals surface area contributed by atoms with E-state index in [0.29, 0.717) is 6.42 Å². The molecule has 1 aliphatic rings. The van der Waals surface area contributed by atoms with E-state index in [2.05, 4.69) is 5.92 Å². The maximum atomic E-state index is 12.1. The first kappa shape index (κ1) is 17.4. The number of hydrogen-bond donors (Lipinski definition) is 0. The standard InChI is InChI=1S/C16H22O5/c1-6-9-16(4,5)20-10-15(2,3)14(19)21-13-11(17)7-8-12(13)18/h1,13H,7-10H2,2-5H3. The Morgan fingerprint density at radius 3 is 2.24 bits per heavy atom. The molecule has 1 fully saturated rings. The predicted molar refractivity (Wildman–Crippen MR) is 76.4 cm³/mol. The summed E-state index contributed by atoms with van der Waals surface area (Å²) in [5.74, 6) is 1.22. The lowest BCUT2D eigenvalue weighted by Crippen LogP contribution is -2.40. The minimum Gasteiger partial charge on any atom is -0.446 e. The summed E-state index contributed by atoms with van der Waals surface area (Å²) in [5, 5.41) is 0. The van der Waals surface area contributed by atoms with E-state index in [-0.39, 0.29) is 31.0 Å². The summed E-state index contributed by atoms with van der Waals surface area (Å²) < 4.78 is 10.7. The van der Waals surface area contributed by atoms with E-state index >= 15 is 0 Å². The van der Waals surface area contributed by atoms with Gasteiger partial charge in [-0.15, -0.1) is 12.3 Å². The molecule has 5 nitrogen and oxygen atoms in total. The van der Waals surface area contributed by atoms with Crippen molar-refractivity contribution in [3.63, 3.8) is 0 Å². The van der Waals surface area contributed by atoms with Crippen LogP contribution >= 0.6 is 0 Å². The van der Waals surface area contributed by atoms with Crippen molar-refractivity contribution in [2.75, 3.05) is 6.61 Å². The molecule has 1 aliphatic carbocycles. The van der Waals surface area contributed by atoms with E-state index in [1.165, 1.54) is 0 Å². The first-order valence-corrected chi connectivity index (χ1v) is 6.93. The largest absolute Gasteiger partial charge is 0.446 e. The van der Waals surface area contributed by atoms with Crippen LogP contribution in [0, 0.1) is 17.8 Å². The molecule has 0 amide bonds. The number of hydrogen-bond acceptors (Lipinski definition) is 5. The summed E-state index contributed by atoms with van der Waals surface area (Å²) in [6.07, 6.45) is 4.71. The molecule has 0 aliphatic heterocycles. The van der Waals surface area contributed by atoms with Crippen molar-refractivity contribution in [2.45, 2.75) is 58.7 Å². The van der Waals surface area contributed by atoms with Crippen molar-refractivity contribution < 1.29 is 23.9 Å². The summed E-state index contributed by atoms with van der Waals surface area (Å²) in [6, 6.07) is 0. The second-order valence-corrected chi connectivity index (χ2v) is 6.53. The third kappa shape index (κ3) is 4.68. The van der Waals surface area contributed by atoms with Gasteiger partial charge in [0.2, 0.25) is 6.10 Å². The average Bonchev–Trinajstić information content (AvgIpc) is 2.68. The van der Waals surface area contributed by atoms with E-state index in [1.807, 2.05) is 13.8 Å². The van der Waals surface area contributed by atoms with Crippen LogP contribution in [0.25, 0.3) is 0 Å². The average molecular weight is 294 g/mol. The van der Waals surface area contributed by atoms with Gasteiger partial charge in [0.1, 0.15) is 0 Å². The Hall–Kier alpha value is -1.67. The number of ketones is 2. The minimum absolute atomic E-state index is 0.0929. The minimum atomic E-state index is -1.24. The number of terminal acetylenes is 1. The van der Waals surface area contributed by atoms with Gasteiger partial charge in [-0.3, -0.25) is 14.4 Å². The number of rotatable bonds is 6. The van der Waals surface area contributed by atoms with Gasteiger partial charge in [0, 0.05) is 19.3 Å². The zero-order chi connectivity index (χ0) is 16.3. The Bertz CT molecular complexity index is 465. The van der Waals surface area contributed by atoms with E-state index < -0.39 is 23.1 Å². The van der Waals surface area contributed by atoms with Gasteiger partial charge in [0.15, 0.2) is 11.6 Å². The van der Waals surface area contributed by atoms with Crippen molar-refractivity contribution in [3.05, 3.63) is 0 Å². The molecule has 0 N–H and O–H groups in total. The van der Waals surface area contributed by atoms with Crippen LogP contribution in [0.4, 0.5) is 0 Å². The third-order valence-electron chi connectivity index (χ3n) is 3.33. The SMILES string of the molecule is C#CCC(C)(C)OCC(C)(C)C(=O)OC1C(=O)CCC1=O. The van der Waals surface area contributed by atoms with E-state index in [1.54, 1.807) is 13.8 Å². The smallest absolute Gasteiger partial charge is 0.315 e. The molecule has 0 radical (unpaired) electrons. The Morgan fingerprint density at radius 2 is 1.76 bits per heavy atom. The van der Waals surface area contributed by atoms with Gasteiger partial charge < -0.3 is 9.47 Å². The van der Waals surface area contributed by atoms with Gasteiger partial charge in [-0.25, -0.2) is 0 Å². The molecule has 0 spiro atoms. The fraction of sp³-hybridized carbons (Fsp3) is 0.688. The molecule has 0 atom stereocenters. The molecule has 0 aromatic rings. The molecular formula is C16H22O5. The van der Waals surface area contributed by atoms with Gasteiger partial charge in [0.25, 0.3) is 0 Å². The lowest BCUT2D eigenvalue weighted by Gasteiger charge is -2.30. The highest BCUT2D eigenvalue weighted by Gasteiger charge is 2.40. The topological polar surface area (TPSA) is 69.7 Å². The molecule has 116 valence electrons. The van der Waals surface area contributed by atoms with Gasteiger partial charge >= 0.3 is 5.97 Å². The highest BCUT2D eigenvalue weighted by atomic mass is 16.6. The summed E-state index contributed by atoms with van der Waals surface area (Å²) in [4.78, 5) is 35.1. The Balaban J connectivity index is 2.61. The highest BCUT2D eigenvalue weighted by Crippen LogP contribution is 2.25. The molecule has 1 rings (SSSR count). The van der Waals surface area contributed by atoms with Crippen LogP contribution in [-0.4, -0.2) is 35.8 Å². The second kappa shape index (κ2) is 6.40. The van der Waals surface area contributed by atoms with Crippen molar-refractivity contribution >= 4 is 17.5 Å². The fourth-order valence-corrected chi connectivity index (χ4v) is 1.82. The van der Waals surface area contributed by atoms with Crippen LogP contribution < -0.4 is 0 Å². The van der Waals surface area contributed by atoms with Crippen LogP contribution in [0.5, 0.6) is 0 Å². The summed E-state index contributed by atoms with van der Waals surface area (Å²) in [6.45, 7) is 7.04. The molecule has 0 unspecified atom stereocenters. The van der Waals surface area contributed by atoms with Crippen LogP contribution in [0.15, 0.2) is 0 Å². The van der Waals surface area contributed by atoms with Crippen molar-refractivity contribution in [3.8, 4) is 12.3 Å². The lowest BCUT2D eigenvalue weighted by molar-refractivity contribution is -0.170. The second-order valence-electron chi connectivity index (χ2n) is 6.53. The highest BCUT2D eigenvalue weighted by molar-refractivity contribution is 6.12. The molecule has 5 heteroatoms. The number of carbonyl (C=O) groups excluding carboxylic acids is 3. The molecule has 0 heterocycles. The first-order valence-electron chi connectivity index (χ1n) is 6.93. The summed E-state index contributed by atoms with van der Waals surface area (Å²) in [5.41, 5.74) is -1.51. The first-order chi connectivity index (χ1) is 9.59. The van der Waals surface area contributed by atoms with E-state index in [0.717, 1.165) is 0 Å². The molecule has 0 bridgehead atoms. The quantitative estimate of drug-likeness (QED) is 0.423. The van der Waals surface area contributed by atoms with Crippen LogP contribution in [0.1, 0.15) is 47.0 Å². The number of Topliss-reactive ketones (excluding diaryl/α,β-unsaturated/α-hetero) is 2. The lowest BCUT2D eigenvalue weighted by atomic mass is 9.94. The molecular weight excluding hydrogens is 272 g/mol. The monoisotopic (exact) mass is 294 g/mol.